The number of ketones is 1. The minimum atomic E-state index is -1.50. The zero-order valence-electron chi connectivity index (χ0n) is 8.72. The second kappa shape index (κ2) is 4.09. The predicted molar refractivity (Wildman–Crippen MR) is 56.0 cm³/mol. The molecule has 1 aliphatic carbocycles. The SMILES string of the molecule is C[Si](C)(C)O/C=C1\CCCCC1=O. The summed E-state index contributed by atoms with van der Waals surface area (Å²) in [5.41, 5.74) is 0.897. The molecule has 13 heavy (non-hydrogen) atoms. The van der Waals surface area contributed by atoms with Crippen LogP contribution >= 0.6 is 0 Å². The molecule has 0 aliphatic heterocycles. The number of Topliss-reactive ketones (excluding diaryl/α,β-unsaturated/α-hetero) is 1. The number of carbonyl (C=O) groups is 1. The van der Waals surface area contributed by atoms with E-state index < -0.39 is 8.32 Å². The van der Waals surface area contributed by atoms with E-state index in [0.29, 0.717) is 6.42 Å². The molecule has 0 aromatic carbocycles. The Morgan fingerprint density at radius 3 is 2.38 bits per heavy atom. The number of carbonyl (C=O) groups excluding carboxylic acids is 1. The van der Waals surface area contributed by atoms with Gasteiger partial charge in [0.05, 0.1) is 6.26 Å². The highest BCUT2D eigenvalue weighted by Gasteiger charge is 2.18. The van der Waals surface area contributed by atoms with E-state index in [0.717, 1.165) is 24.8 Å². The first-order valence-corrected chi connectivity index (χ1v) is 8.30. The summed E-state index contributed by atoms with van der Waals surface area (Å²) in [4.78, 5) is 11.4. The fourth-order valence-electron chi connectivity index (χ4n) is 1.27. The van der Waals surface area contributed by atoms with Crippen molar-refractivity contribution in [1.82, 2.24) is 0 Å². The van der Waals surface area contributed by atoms with Gasteiger partial charge < -0.3 is 4.43 Å². The topological polar surface area (TPSA) is 26.3 Å². The summed E-state index contributed by atoms with van der Waals surface area (Å²) in [6.07, 6.45) is 5.51. The van der Waals surface area contributed by atoms with Crippen LogP contribution in [0.3, 0.4) is 0 Å². The number of rotatable bonds is 2. The Bertz CT molecular complexity index is 226. The van der Waals surface area contributed by atoms with Gasteiger partial charge in [0, 0.05) is 12.0 Å². The maximum Gasteiger partial charge on any atom is 0.241 e. The molecular weight excluding hydrogens is 180 g/mol. The van der Waals surface area contributed by atoms with Gasteiger partial charge >= 0.3 is 0 Å². The van der Waals surface area contributed by atoms with Crippen LogP contribution in [0, 0.1) is 0 Å². The standard InChI is InChI=1S/C10H18O2Si/c1-13(2,3)12-8-9-6-4-5-7-10(9)11/h8H,4-7H2,1-3H3/b9-8+. The van der Waals surface area contributed by atoms with Crippen LogP contribution in [0.5, 0.6) is 0 Å². The molecule has 0 saturated heterocycles. The minimum absolute atomic E-state index is 0.282. The minimum Gasteiger partial charge on any atom is -0.549 e. The Morgan fingerprint density at radius 2 is 1.85 bits per heavy atom. The van der Waals surface area contributed by atoms with E-state index >= 15 is 0 Å². The van der Waals surface area contributed by atoms with E-state index in [1.807, 2.05) is 0 Å². The molecule has 2 nitrogen and oxygen atoms in total. The zero-order chi connectivity index (χ0) is 9.90. The Balaban J connectivity index is 2.54. The third-order valence-corrected chi connectivity index (χ3v) is 2.84. The van der Waals surface area contributed by atoms with Crippen LogP contribution in [0.1, 0.15) is 25.7 Å². The summed E-state index contributed by atoms with van der Waals surface area (Å²) in [6.45, 7) is 6.37. The smallest absolute Gasteiger partial charge is 0.241 e. The lowest BCUT2D eigenvalue weighted by Crippen LogP contribution is -2.23. The van der Waals surface area contributed by atoms with Crippen molar-refractivity contribution in [2.24, 2.45) is 0 Å². The summed E-state index contributed by atoms with van der Waals surface area (Å²) < 4.78 is 5.60. The van der Waals surface area contributed by atoms with E-state index in [9.17, 15) is 4.79 Å². The highest BCUT2D eigenvalue weighted by molar-refractivity contribution is 6.69. The molecular formula is C10H18O2Si. The second-order valence-corrected chi connectivity index (χ2v) is 8.96. The summed E-state index contributed by atoms with van der Waals surface area (Å²) in [6, 6.07) is 0. The summed E-state index contributed by atoms with van der Waals surface area (Å²) in [5.74, 6) is 0.282. The lowest BCUT2D eigenvalue weighted by Gasteiger charge is -2.18. The monoisotopic (exact) mass is 198 g/mol. The van der Waals surface area contributed by atoms with Crippen LogP contribution in [0.15, 0.2) is 11.8 Å². The number of allylic oxidation sites excluding steroid dienone is 1. The van der Waals surface area contributed by atoms with E-state index in [1.165, 1.54) is 0 Å². The van der Waals surface area contributed by atoms with E-state index in [4.69, 9.17) is 4.43 Å². The van der Waals surface area contributed by atoms with Crippen LogP contribution < -0.4 is 0 Å². The Morgan fingerprint density at radius 1 is 1.23 bits per heavy atom. The fraction of sp³-hybridized carbons (Fsp3) is 0.700. The molecule has 0 atom stereocenters. The molecule has 0 aromatic heterocycles. The first-order valence-electron chi connectivity index (χ1n) is 4.89. The lowest BCUT2D eigenvalue weighted by atomic mass is 9.95. The van der Waals surface area contributed by atoms with Crippen molar-refractivity contribution in [2.75, 3.05) is 0 Å². The van der Waals surface area contributed by atoms with Gasteiger partial charge in [-0.1, -0.05) is 0 Å². The number of hydrogen-bond donors (Lipinski definition) is 0. The molecule has 0 unspecified atom stereocenters. The summed E-state index contributed by atoms with van der Waals surface area (Å²) in [7, 11) is -1.50. The summed E-state index contributed by atoms with van der Waals surface area (Å²) >= 11 is 0. The van der Waals surface area contributed by atoms with E-state index in [2.05, 4.69) is 19.6 Å². The third-order valence-electron chi connectivity index (χ3n) is 2.01. The molecule has 3 heteroatoms. The molecule has 0 aromatic rings. The van der Waals surface area contributed by atoms with Crippen molar-refractivity contribution in [1.29, 1.82) is 0 Å². The van der Waals surface area contributed by atoms with Crippen LogP contribution in [0.25, 0.3) is 0 Å². The van der Waals surface area contributed by atoms with Crippen LogP contribution in [-0.2, 0) is 9.22 Å². The molecule has 0 spiro atoms. The number of hydrogen-bond acceptors (Lipinski definition) is 2. The first-order chi connectivity index (χ1) is 5.99. The first kappa shape index (κ1) is 10.5. The van der Waals surface area contributed by atoms with Crippen LogP contribution in [0.2, 0.25) is 19.6 Å². The average Bonchev–Trinajstić information content (AvgIpc) is 2.01. The third kappa shape index (κ3) is 3.76. The predicted octanol–water partition coefficient (Wildman–Crippen LogP) is 2.86. The quantitative estimate of drug-likeness (QED) is 0.387. The Kier molecular flexibility index (Phi) is 3.31. The van der Waals surface area contributed by atoms with Gasteiger partial charge in [-0.3, -0.25) is 4.79 Å². The maximum absolute atomic E-state index is 11.4. The molecule has 1 aliphatic rings. The van der Waals surface area contributed by atoms with Crippen molar-refractivity contribution in [3.8, 4) is 0 Å². The molecule has 74 valence electrons. The highest BCUT2D eigenvalue weighted by atomic mass is 28.4. The largest absolute Gasteiger partial charge is 0.549 e. The van der Waals surface area contributed by atoms with Crippen molar-refractivity contribution in [3.63, 3.8) is 0 Å². The molecule has 0 radical (unpaired) electrons. The van der Waals surface area contributed by atoms with Crippen molar-refractivity contribution in [2.45, 2.75) is 45.3 Å². The van der Waals surface area contributed by atoms with Crippen molar-refractivity contribution >= 4 is 14.1 Å². The van der Waals surface area contributed by atoms with Gasteiger partial charge in [0.15, 0.2) is 5.78 Å². The van der Waals surface area contributed by atoms with Gasteiger partial charge in [-0.25, -0.2) is 0 Å². The molecule has 1 fully saturated rings. The fourth-order valence-corrected chi connectivity index (χ4v) is 1.77. The normalized spacial score (nSPS) is 22.1. The van der Waals surface area contributed by atoms with Gasteiger partial charge in [-0.05, 0) is 38.9 Å². The average molecular weight is 198 g/mol. The highest BCUT2D eigenvalue weighted by Crippen LogP contribution is 2.20. The van der Waals surface area contributed by atoms with Gasteiger partial charge in [0.1, 0.15) is 0 Å². The van der Waals surface area contributed by atoms with Crippen LogP contribution in [-0.4, -0.2) is 14.1 Å². The molecule has 0 heterocycles. The van der Waals surface area contributed by atoms with Crippen molar-refractivity contribution in [3.05, 3.63) is 11.8 Å². The Labute approximate surface area is 81.1 Å². The Hall–Kier alpha value is -0.573. The molecule has 0 amide bonds. The van der Waals surface area contributed by atoms with Crippen molar-refractivity contribution < 1.29 is 9.22 Å². The van der Waals surface area contributed by atoms with Gasteiger partial charge in [0.2, 0.25) is 8.32 Å². The van der Waals surface area contributed by atoms with E-state index in [-0.39, 0.29) is 5.78 Å². The lowest BCUT2D eigenvalue weighted by molar-refractivity contribution is -0.116. The second-order valence-electron chi connectivity index (χ2n) is 4.50. The summed E-state index contributed by atoms with van der Waals surface area (Å²) in [5, 5.41) is 0. The van der Waals surface area contributed by atoms with Gasteiger partial charge in [-0.2, -0.15) is 0 Å². The van der Waals surface area contributed by atoms with Gasteiger partial charge in [-0.15, -0.1) is 0 Å². The maximum atomic E-state index is 11.4. The molecule has 0 bridgehead atoms. The van der Waals surface area contributed by atoms with Crippen LogP contribution in [0.4, 0.5) is 0 Å². The zero-order valence-corrected chi connectivity index (χ0v) is 9.72. The molecule has 1 saturated carbocycles. The molecule has 1 rings (SSSR count). The molecule has 0 N–H and O–H groups in total. The van der Waals surface area contributed by atoms with E-state index in [1.54, 1.807) is 6.26 Å². The van der Waals surface area contributed by atoms with Gasteiger partial charge in [0.25, 0.3) is 0 Å².